The summed E-state index contributed by atoms with van der Waals surface area (Å²) in [7, 11) is 0. The Morgan fingerprint density at radius 2 is 1.94 bits per heavy atom. The first-order chi connectivity index (χ1) is 7.75. The standard InChI is InChI=1S/C13H18ClNO/c14-13-4-2-1-3-11(13)5-8-15-9-6-12(16)7-10-15/h1-4,12,16H,5-10H2. The van der Waals surface area contributed by atoms with Crippen LogP contribution in [0.3, 0.4) is 0 Å². The maximum atomic E-state index is 9.41. The molecule has 3 heteroatoms. The zero-order valence-electron chi connectivity index (χ0n) is 9.40. The van der Waals surface area contributed by atoms with Crippen molar-refractivity contribution in [2.24, 2.45) is 0 Å². The highest BCUT2D eigenvalue weighted by Crippen LogP contribution is 2.17. The molecule has 0 amide bonds. The molecular weight excluding hydrogens is 222 g/mol. The smallest absolute Gasteiger partial charge is 0.0564 e. The Kier molecular flexibility index (Phi) is 4.22. The van der Waals surface area contributed by atoms with Crippen molar-refractivity contribution in [1.29, 1.82) is 0 Å². The van der Waals surface area contributed by atoms with Gasteiger partial charge in [-0.3, -0.25) is 0 Å². The maximum Gasteiger partial charge on any atom is 0.0564 e. The zero-order valence-corrected chi connectivity index (χ0v) is 10.2. The first-order valence-electron chi connectivity index (χ1n) is 5.89. The normalized spacial score (nSPS) is 18.9. The highest BCUT2D eigenvalue weighted by molar-refractivity contribution is 6.31. The number of nitrogens with zero attached hydrogens (tertiary/aromatic N) is 1. The molecule has 2 nitrogen and oxygen atoms in total. The molecule has 0 radical (unpaired) electrons. The van der Waals surface area contributed by atoms with Gasteiger partial charge in [-0.25, -0.2) is 0 Å². The van der Waals surface area contributed by atoms with Gasteiger partial charge in [0.2, 0.25) is 0 Å². The van der Waals surface area contributed by atoms with Gasteiger partial charge in [0.25, 0.3) is 0 Å². The first kappa shape index (κ1) is 11.9. The van der Waals surface area contributed by atoms with Crippen molar-refractivity contribution in [3.05, 3.63) is 34.9 Å². The highest BCUT2D eigenvalue weighted by atomic mass is 35.5. The number of aliphatic hydroxyl groups is 1. The van der Waals surface area contributed by atoms with Gasteiger partial charge >= 0.3 is 0 Å². The Morgan fingerprint density at radius 1 is 1.25 bits per heavy atom. The number of benzene rings is 1. The van der Waals surface area contributed by atoms with Crippen LogP contribution in [-0.4, -0.2) is 35.7 Å². The molecule has 1 aliphatic rings. The summed E-state index contributed by atoms with van der Waals surface area (Å²) >= 11 is 6.11. The first-order valence-corrected chi connectivity index (χ1v) is 6.27. The Bertz CT molecular complexity index is 334. The van der Waals surface area contributed by atoms with Crippen molar-refractivity contribution in [3.8, 4) is 0 Å². The third kappa shape index (κ3) is 3.21. The molecule has 1 N–H and O–H groups in total. The van der Waals surface area contributed by atoms with Crippen LogP contribution in [0.2, 0.25) is 5.02 Å². The van der Waals surface area contributed by atoms with Crippen LogP contribution >= 0.6 is 11.6 Å². The lowest BCUT2D eigenvalue weighted by atomic mass is 10.1. The second-order valence-corrected chi connectivity index (χ2v) is 4.82. The van der Waals surface area contributed by atoms with Crippen molar-refractivity contribution in [1.82, 2.24) is 4.90 Å². The summed E-state index contributed by atoms with van der Waals surface area (Å²) in [5.41, 5.74) is 1.22. The van der Waals surface area contributed by atoms with Crippen LogP contribution in [0.4, 0.5) is 0 Å². The lowest BCUT2D eigenvalue weighted by Gasteiger charge is -2.29. The van der Waals surface area contributed by atoms with Crippen LogP contribution in [0, 0.1) is 0 Å². The van der Waals surface area contributed by atoms with E-state index in [2.05, 4.69) is 11.0 Å². The molecule has 0 saturated carbocycles. The Hall–Kier alpha value is -0.570. The van der Waals surface area contributed by atoms with E-state index in [1.807, 2.05) is 18.2 Å². The lowest BCUT2D eigenvalue weighted by molar-refractivity contribution is 0.0832. The topological polar surface area (TPSA) is 23.5 Å². The molecule has 0 spiro atoms. The van der Waals surface area contributed by atoms with Gasteiger partial charge in [-0.1, -0.05) is 29.8 Å². The highest BCUT2D eigenvalue weighted by Gasteiger charge is 2.16. The summed E-state index contributed by atoms with van der Waals surface area (Å²) in [4.78, 5) is 2.40. The van der Waals surface area contributed by atoms with Crippen LogP contribution in [-0.2, 0) is 6.42 Å². The minimum atomic E-state index is -0.0865. The number of hydrogen-bond donors (Lipinski definition) is 1. The van der Waals surface area contributed by atoms with E-state index in [0.717, 1.165) is 43.9 Å². The molecule has 0 aromatic heterocycles. The molecule has 1 heterocycles. The Balaban J connectivity index is 1.81. The fraction of sp³-hybridized carbons (Fsp3) is 0.538. The average molecular weight is 240 g/mol. The van der Waals surface area contributed by atoms with Crippen molar-refractivity contribution < 1.29 is 5.11 Å². The lowest BCUT2D eigenvalue weighted by Crippen LogP contribution is -2.37. The third-order valence-corrected chi connectivity index (χ3v) is 3.58. The zero-order chi connectivity index (χ0) is 11.4. The van der Waals surface area contributed by atoms with E-state index in [1.165, 1.54) is 5.56 Å². The molecule has 1 fully saturated rings. The number of piperidine rings is 1. The second kappa shape index (κ2) is 5.67. The van der Waals surface area contributed by atoms with Crippen molar-refractivity contribution in [3.63, 3.8) is 0 Å². The molecule has 1 saturated heterocycles. The summed E-state index contributed by atoms with van der Waals surface area (Å²) in [6.07, 6.45) is 2.72. The van der Waals surface area contributed by atoms with Crippen molar-refractivity contribution in [2.45, 2.75) is 25.4 Å². The van der Waals surface area contributed by atoms with E-state index < -0.39 is 0 Å². The fourth-order valence-corrected chi connectivity index (χ4v) is 2.35. The molecule has 1 aromatic carbocycles. The van der Waals surface area contributed by atoms with E-state index in [-0.39, 0.29) is 6.10 Å². The van der Waals surface area contributed by atoms with Gasteiger partial charge in [0, 0.05) is 24.7 Å². The molecule has 88 valence electrons. The average Bonchev–Trinajstić information content (AvgIpc) is 2.30. The number of hydrogen-bond acceptors (Lipinski definition) is 2. The summed E-state index contributed by atoms with van der Waals surface area (Å²) in [6, 6.07) is 8.02. The van der Waals surface area contributed by atoms with Crippen molar-refractivity contribution in [2.75, 3.05) is 19.6 Å². The van der Waals surface area contributed by atoms with Gasteiger partial charge in [0.05, 0.1) is 6.10 Å². The maximum absolute atomic E-state index is 9.41. The van der Waals surface area contributed by atoms with Crippen LogP contribution in [0.25, 0.3) is 0 Å². The van der Waals surface area contributed by atoms with Crippen LogP contribution in [0.15, 0.2) is 24.3 Å². The summed E-state index contributed by atoms with van der Waals surface area (Å²) in [6.45, 7) is 3.05. The van der Waals surface area contributed by atoms with Gasteiger partial charge < -0.3 is 10.0 Å². The summed E-state index contributed by atoms with van der Waals surface area (Å²) in [5.74, 6) is 0. The molecule has 0 atom stereocenters. The summed E-state index contributed by atoms with van der Waals surface area (Å²) < 4.78 is 0. The van der Waals surface area contributed by atoms with Gasteiger partial charge in [0.15, 0.2) is 0 Å². The van der Waals surface area contributed by atoms with E-state index in [1.54, 1.807) is 0 Å². The van der Waals surface area contributed by atoms with Gasteiger partial charge in [-0.15, -0.1) is 0 Å². The molecular formula is C13H18ClNO. The number of likely N-dealkylation sites (tertiary alicyclic amines) is 1. The van der Waals surface area contributed by atoms with E-state index in [4.69, 9.17) is 11.6 Å². The van der Waals surface area contributed by atoms with Gasteiger partial charge in [-0.2, -0.15) is 0 Å². The predicted molar refractivity (Wildman–Crippen MR) is 66.8 cm³/mol. The predicted octanol–water partition coefficient (Wildman–Crippen LogP) is 2.34. The van der Waals surface area contributed by atoms with E-state index in [0.29, 0.717) is 0 Å². The Labute approximate surface area is 102 Å². The van der Waals surface area contributed by atoms with E-state index >= 15 is 0 Å². The molecule has 0 aliphatic carbocycles. The molecule has 1 aromatic rings. The minimum absolute atomic E-state index is 0.0865. The van der Waals surface area contributed by atoms with Crippen LogP contribution in [0.5, 0.6) is 0 Å². The molecule has 2 rings (SSSR count). The SMILES string of the molecule is OC1CCN(CCc2ccccc2Cl)CC1. The van der Waals surface area contributed by atoms with Gasteiger partial charge in [-0.05, 0) is 30.9 Å². The number of halogens is 1. The minimum Gasteiger partial charge on any atom is -0.393 e. The Morgan fingerprint density at radius 3 is 2.62 bits per heavy atom. The second-order valence-electron chi connectivity index (χ2n) is 4.41. The third-order valence-electron chi connectivity index (χ3n) is 3.21. The fourth-order valence-electron chi connectivity index (χ4n) is 2.12. The molecule has 16 heavy (non-hydrogen) atoms. The van der Waals surface area contributed by atoms with Gasteiger partial charge in [0.1, 0.15) is 0 Å². The number of aliphatic hydroxyl groups excluding tert-OH is 1. The van der Waals surface area contributed by atoms with Crippen LogP contribution < -0.4 is 0 Å². The summed E-state index contributed by atoms with van der Waals surface area (Å²) in [5, 5.41) is 10.3. The molecule has 0 bridgehead atoms. The van der Waals surface area contributed by atoms with E-state index in [9.17, 15) is 5.11 Å². The van der Waals surface area contributed by atoms with Crippen LogP contribution in [0.1, 0.15) is 18.4 Å². The number of rotatable bonds is 3. The monoisotopic (exact) mass is 239 g/mol. The quantitative estimate of drug-likeness (QED) is 0.875. The molecule has 1 aliphatic heterocycles. The largest absolute Gasteiger partial charge is 0.393 e. The van der Waals surface area contributed by atoms with Crippen molar-refractivity contribution >= 4 is 11.6 Å². The molecule has 0 unspecified atom stereocenters.